The van der Waals surface area contributed by atoms with Crippen LogP contribution < -0.4 is 5.32 Å². The number of carbonyl (C=O) groups excluding carboxylic acids is 1. The highest BCUT2D eigenvalue weighted by Crippen LogP contribution is 2.25. The van der Waals surface area contributed by atoms with Crippen LogP contribution in [0.5, 0.6) is 0 Å². The summed E-state index contributed by atoms with van der Waals surface area (Å²) in [7, 11) is 1.58. The molecule has 0 radical (unpaired) electrons. The van der Waals surface area contributed by atoms with Gasteiger partial charge in [0.1, 0.15) is 0 Å². The number of benzene rings is 2. The summed E-state index contributed by atoms with van der Waals surface area (Å²) in [6.45, 7) is 0. The van der Waals surface area contributed by atoms with Crippen molar-refractivity contribution in [2.24, 2.45) is 0 Å². The monoisotopic (exact) mass is 427 g/mol. The molecule has 0 aliphatic rings. The predicted octanol–water partition coefficient (Wildman–Crippen LogP) is 4.55. The maximum Gasteiger partial charge on any atom is 0.252 e. The number of rotatable bonds is 4. The molecule has 0 saturated carbocycles. The summed E-state index contributed by atoms with van der Waals surface area (Å²) in [6.07, 6.45) is 4.34. The Balaban J connectivity index is 1.51. The minimum absolute atomic E-state index is 0.220. The molecule has 0 aliphatic carbocycles. The summed E-state index contributed by atoms with van der Waals surface area (Å²) in [5, 5.41) is 8.86. The zero-order valence-electron chi connectivity index (χ0n) is 16.7. The number of halogens is 1. The average Bonchev–Trinajstić information content (AvgIpc) is 3.20. The lowest BCUT2D eigenvalue weighted by Gasteiger charge is -2.08. The summed E-state index contributed by atoms with van der Waals surface area (Å²) in [6, 6.07) is 19.4. The van der Waals surface area contributed by atoms with E-state index in [1.165, 1.54) is 0 Å². The van der Waals surface area contributed by atoms with E-state index in [1.54, 1.807) is 25.4 Å². The number of amides is 1. The van der Waals surface area contributed by atoms with Crippen molar-refractivity contribution in [2.45, 2.75) is 6.42 Å². The van der Waals surface area contributed by atoms with E-state index in [0.717, 1.165) is 39.1 Å². The van der Waals surface area contributed by atoms with Gasteiger partial charge in [0.2, 0.25) is 0 Å². The van der Waals surface area contributed by atoms with Gasteiger partial charge in [-0.2, -0.15) is 5.10 Å². The fourth-order valence-electron chi connectivity index (χ4n) is 3.63. The van der Waals surface area contributed by atoms with Crippen LogP contribution in [0.4, 0.5) is 0 Å². The number of aromatic nitrogens is 4. The van der Waals surface area contributed by atoms with Gasteiger partial charge in [-0.3, -0.25) is 9.78 Å². The molecule has 0 atom stereocenters. The Labute approximate surface area is 183 Å². The molecule has 0 spiro atoms. The first-order valence-electron chi connectivity index (χ1n) is 9.82. The van der Waals surface area contributed by atoms with Crippen molar-refractivity contribution in [3.8, 4) is 11.3 Å². The molecule has 152 valence electrons. The van der Waals surface area contributed by atoms with Crippen LogP contribution in [0.3, 0.4) is 0 Å². The first kappa shape index (κ1) is 19.2. The van der Waals surface area contributed by atoms with E-state index >= 15 is 0 Å². The van der Waals surface area contributed by atoms with E-state index in [-0.39, 0.29) is 5.91 Å². The van der Waals surface area contributed by atoms with Crippen LogP contribution in [0.1, 0.15) is 21.6 Å². The number of pyridine rings is 1. The smallest absolute Gasteiger partial charge is 0.252 e. The molecule has 0 fully saturated rings. The third-order valence-electron chi connectivity index (χ3n) is 5.22. The fraction of sp³-hybridized carbons (Fsp3) is 0.0833. The van der Waals surface area contributed by atoms with E-state index in [0.29, 0.717) is 17.0 Å². The second kappa shape index (κ2) is 7.81. The zero-order chi connectivity index (χ0) is 21.4. The predicted molar refractivity (Wildman–Crippen MR) is 121 cm³/mol. The Hall–Kier alpha value is -3.77. The molecule has 1 N–H and O–H groups in total. The third-order valence-corrected chi connectivity index (χ3v) is 5.53. The van der Waals surface area contributed by atoms with Crippen molar-refractivity contribution in [1.29, 1.82) is 0 Å². The minimum atomic E-state index is -0.220. The summed E-state index contributed by atoms with van der Waals surface area (Å²) in [4.78, 5) is 20.8. The SMILES string of the molecule is CNC(=O)c1ccc(-c2ccc3ncc(Cc4ccc5ncccc5c4)n3n2)cc1Cl. The molecule has 6 nitrogen and oxygen atoms in total. The Morgan fingerprint density at radius 3 is 2.81 bits per heavy atom. The highest BCUT2D eigenvalue weighted by atomic mass is 35.5. The maximum atomic E-state index is 11.9. The molecule has 7 heteroatoms. The second-order valence-corrected chi connectivity index (χ2v) is 7.63. The number of nitrogens with zero attached hydrogens (tertiary/aromatic N) is 4. The fourth-order valence-corrected chi connectivity index (χ4v) is 3.90. The van der Waals surface area contributed by atoms with Crippen molar-refractivity contribution in [3.63, 3.8) is 0 Å². The minimum Gasteiger partial charge on any atom is -0.355 e. The topological polar surface area (TPSA) is 72.2 Å². The number of nitrogens with one attached hydrogen (secondary N) is 1. The van der Waals surface area contributed by atoms with Crippen LogP contribution >= 0.6 is 11.6 Å². The molecule has 5 aromatic rings. The van der Waals surface area contributed by atoms with Gasteiger partial charge in [0.25, 0.3) is 5.91 Å². The van der Waals surface area contributed by atoms with Crippen molar-refractivity contribution in [1.82, 2.24) is 24.9 Å². The largest absolute Gasteiger partial charge is 0.355 e. The Morgan fingerprint density at radius 2 is 1.97 bits per heavy atom. The molecule has 3 aromatic heterocycles. The number of fused-ring (bicyclic) bond motifs is 2. The van der Waals surface area contributed by atoms with Gasteiger partial charge in [0, 0.05) is 30.6 Å². The summed E-state index contributed by atoms with van der Waals surface area (Å²) in [5.41, 5.74) is 5.90. The zero-order valence-corrected chi connectivity index (χ0v) is 17.5. The van der Waals surface area contributed by atoms with Crippen LogP contribution in [0.25, 0.3) is 27.8 Å². The van der Waals surface area contributed by atoms with Gasteiger partial charge in [-0.25, -0.2) is 9.50 Å². The first-order valence-corrected chi connectivity index (χ1v) is 10.2. The van der Waals surface area contributed by atoms with E-state index in [1.807, 2.05) is 41.0 Å². The lowest BCUT2D eigenvalue weighted by atomic mass is 10.1. The van der Waals surface area contributed by atoms with Gasteiger partial charge in [0.15, 0.2) is 5.65 Å². The number of carbonyl (C=O) groups is 1. The van der Waals surface area contributed by atoms with E-state index < -0.39 is 0 Å². The highest BCUT2D eigenvalue weighted by molar-refractivity contribution is 6.34. The number of hydrogen-bond acceptors (Lipinski definition) is 4. The molecule has 0 unspecified atom stereocenters. The van der Waals surface area contributed by atoms with Gasteiger partial charge in [0.05, 0.1) is 33.7 Å². The number of imidazole rings is 1. The average molecular weight is 428 g/mol. The van der Waals surface area contributed by atoms with Crippen molar-refractivity contribution < 1.29 is 4.79 Å². The highest BCUT2D eigenvalue weighted by Gasteiger charge is 2.12. The van der Waals surface area contributed by atoms with Gasteiger partial charge in [-0.15, -0.1) is 0 Å². The summed E-state index contributed by atoms with van der Waals surface area (Å²) < 4.78 is 1.85. The number of hydrogen-bond donors (Lipinski definition) is 1. The molecule has 1 amide bonds. The van der Waals surface area contributed by atoms with E-state index in [9.17, 15) is 4.79 Å². The first-order chi connectivity index (χ1) is 15.1. The van der Waals surface area contributed by atoms with Crippen LogP contribution in [-0.2, 0) is 6.42 Å². The second-order valence-electron chi connectivity index (χ2n) is 7.22. The third kappa shape index (κ3) is 3.62. The molecule has 5 rings (SSSR count). The molecule has 31 heavy (non-hydrogen) atoms. The quantitative estimate of drug-likeness (QED) is 0.456. The Morgan fingerprint density at radius 1 is 1.06 bits per heavy atom. The van der Waals surface area contributed by atoms with Crippen LogP contribution in [0, 0.1) is 0 Å². The van der Waals surface area contributed by atoms with Crippen molar-refractivity contribution in [3.05, 3.63) is 94.9 Å². The lowest BCUT2D eigenvalue weighted by Crippen LogP contribution is -2.18. The molecule has 2 aromatic carbocycles. The van der Waals surface area contributed by atoms with Crippen LogP contribution in [-0.4, -0.2) is 32.5 Å². The van der Waals surface area contributed by atoms with Crippen molar-refractivity contribution in [2.75, 3.05) is 7.05 Å². The van der Waals surface area contributed by atoms with Crippen LogP contribution in [0.15, 0.2) is 73.1 Å². The van der Waals surface area contributed by atoms with Gasteiger partial charge < -0.3 is 5.32 Å². The molecule has 3 heterocycles. The van der Waals surface area contributed by atoms with Crippen molar-refractivity contribution >= 4 is 34.1 Å². The molecule has 0 saturated heterocycles. The van der Waals surface area contributed by atoms with Gasteiger partial charge in [-0.1, -0.05) is 29.8 Å². The summed E-state index contributed by atoms with van der Waals surface area (Å²) in [5.74, 6) is -0.220. The Kier molecular flexibility index (Phi) is 4.84. The molecular formula is C24H18ClN5O. The lowest BCUT2D eigenvalue weighted by molar-refractivity contribution is 0.0963. The van der Waals surface area contributed by atoms with Crippen LogP contribution in [0.2, 0.25) is 5.02 Å². The van der Waals surface area contributed by atoms with E-state index in [2.05, 4.69) is 33.5 Å². The standard InChI is InChI=1S/C24H18ClN5O/c1-26-24(31)19-6-5-17(13-20(19)25)22-8-9-23-28-14-18(30(23)29-22)12-15-4-7-21-16(11-15)3-2-10-27-21/h2-11,13-14H,12H2,1H3,(H,26,31). The normalized spacial score (nSPS) is 11.2. The summed E-state index contributed by atoms with van der Waals surface area (Å²) >= 11 is 6.32. The van der Waals surface area contributed by atoms with E-state index in [4.69, 9.17) is 16.7 Å². The maximum absolute atomic E-state index is 11.9. The van der Waals surface area contributed by atoms with Gasteiger partial charge in [-0.05, 0) is 48.0 Å². The van der Waals surface area contributed by atoms with Gasteiger partial charge >= 0.3 is 0 Å². The Bertz CT molecular complexity index is 1440. The molecular weight excluding hydrogens is 410 g/mol. The molecule has 0 aliphatic heterocycles. The molecule has 0 bridgehead atoms.